The molecule has 1 aromatic heterocycles. The van der Waals surface area contributed by atoms with Crippen LogP contribution in [0.3, 0.4) is 0 Å². The molecule has 2 saturated heterocycles. The quantitative estimate of drug-likeness (QED) is 0.0761. The van der Waals surface area contributed by atoms with Crippen molar-refractivity contribution in [2.75, 3.05) is 32.1 Å². The largest absolute Gasteiger partial charge is 0.483 e. The van der Waals surface area contributed by atoms with Crippen LogP contribution in [0.2, 0.25) is 0 Å². The number of aromatic amines is 1. The van der Waals surface area contributed by atoms with Gasteiger partial charge in [-0.3, -0.25) is 28.2 Å². The lowest BCUT2D eigenvalue weighted by Gasteiger charge is -2.42. The molecule has 304 valence electrons. The molecular formula is C29H39N5O18P2S. The van der Waals surface area contributed by atoms with Crippen molar-refractivity contribution in [2.24, 2.45) is 0 Å². The summed E-state index contributed by atoms with van der Waals surface area (Å²) in [4.78, 5) is 59.6. The average molecular weight is 840 g/mol. The van der Waals surface area contributed by atoms with E-state index in [-0.39, 0.29) is 4.90 Å². The highest BCUT2D eigenvalue weighted by atomic mass is 32.2. The van der Waals surface area contributed by atoms with Crippen molar-refractivity contribution >= 4 is 48.0 Å². The Bertz CT molecular complexity index is 2220. The number of ether oxygens (including phenoxy) is 2. The van der Waals surface area contributed by atoms with E-state index in [1.165, 1.54) is 12.1 Å². The first-order chi connectivity index (χ1) is 25.6. The number of aromatic nitrogens is 2. The fraction of sp³-hybridized carbons (Fsp3) is 0.483. The predicted octanol–water partition coefficient (Wildman–Crippen LogP) is -2.44. The van der Waals surface area contributed by atoms with Gasteiger partial charge in [-0.25, -0.2) is 27.1 Å². The van der Waals surface area contributed by atoms with Crippen LogP contribution in [0.4, 0.5) is 5.69 Å². The number of aliphatic hydroxyl groups is 4. The molecule has 23 nitrogen and oxygen atoms in total. The van der Waals surface area contributed by atoms with E-state index in [2.05, 4.69) is 18.9 Å². The number of carbonyl (C=O) groups excluding carboxylic acids is 1. The molecule has 2 aliphatic rings. The highest BCUT2D eigenvalue weighted by Gasteiger charge is 2.50. The molecule has 3 aromatic rings. The number of aliphatic hydroxyl groups excluding tert-OH is 4. The predicted molar refractivity (Wildman–Crippen MR) is 187 cm³/mol. The molecule has 2 fully saturated rings. The van der Waals surface area contributed by atoms with E-state index in [0.717, 1.165) is 24.9 Å². The van der Waals surface area contributed by atoms with Crippen LogP contribution in [0.25, 0.3) is 10.8 Å². The van der Waals surface area contributed by atoms with Gasteiger partial charge in [0.25, 0.3) is 5.56 Å². The minimum Gasteiger partial charge on any atom is -0.388 e. The molecule has 0 saturated carbocycles. The first-order valence-corrected chi connectivity index (χ1v) is 20.6. The number of fused-ring (bicyclic) bond motifs is 1. The van der Waals surface area contributed by atoms with Gasteiger partial charge in [-0.05, 0) is 12.1 Å². The summed E-state index contributed by atoms with van der Waals surface area (Å²) in [6.07, 6.45) is -13.9. The molecule has 0 aliphatic carbocycles. The van der Waals surface area contributed by atoms with Gasteiger partial charge in [0.05, 0.1) is 11.5 Å². The number of nitrogens with one attached hydrogen (secondary N) is 3. The Labute approximate surface area is 311 Å². The standard InChI is InChI=1S/C29H39N5O18P2S/c1-14(35)31-22-25(39)23(37)18(12-30-55(46,47)20-9-5-6-15-16(20)7-4-8-17(15)33(2)3)50-28(22)51-54(44,45)52-53(42,43)48-13-19-24(38)26(40)27(49-19)34-11-10-21(36)32-29(34)41/h4-11,18-19,22-28,30,37-40H,12-13H2,1-3H3,(H,31,35)(H,42,43)(H,44,45)(H,32,36,41)/t18-,19-,22-,23-,24-,25-,26-,27-,28-/m1/s1. The Morgan fingerprint density at radius 3 is 2.24 bits per heavy atom. The van der Waals surface area contributed by atoms with Crippen molar-refractivity contribution in [1.82, 2.24) is 19.6 Å². The summed E-state index contributed by atoms with van der Waals surface area (Å²) in [6.45, 7) is -0.881. The van der Waals surface area contributed by atoms with Gasteiger partial charge in [0.2, 0.25) is 15.9 Å². The van der Waals surface area contributed by atoms with E-state index in [1.807, 2.05) is 4.98 Å². The second-order valence-corrected chi connectivity index (χ2v) is 17.3. The van der Waals surface area contributed by atoms with E-state index >= 15 is 0 Å². The van der Waals surface area contributed by atoms with Crippen LogP contribution in [0.1, 0.15) is 13.2 Å². The summed E-state index contributed by atoms with van der Waals surface area (Å²) in [5, 5.41) is 45.5. The number of carbonyl (C=O) groups is 1. The van der Waals surface area contributed by atoms with E-state index in [0.29, 0.717) is 15.3 Å². The number of hydrogen-bond donors (Lipinski definition) is 9. The van der Waals surface area contributed by atoms with E-state index in [1.54, 1.807) is 43.3 Å². The number of phosphoric ester groups is 2. The Kier molecular flexibility index (Phi) is 12.9. The zero-order chi connectivity index (χ0) is 40.6. The van der Waals surface area contributed by atoms with Crippen molar-refractivity contribution in [2.45, 2.75) is 67.0 Å². The molecule has 11 atom stereocenters. The Hall–Kier alpha value is -3.42. The highest BCUT2D eigenvalue weighted by Crippen LogP contribution is 2.61. The number of anilines is 1. The van der Waals surface area contributed by atoms with Crippen molar-refractivity contribution < 1.29 is 75.4 Å². The lowest BCUT2D eigenvalue weighted by Crippen LogP contribution is -2.65. The Balaban J connectivity index is 1.27. The van der Waals surface area contributed by atoms with Gasteiger partial charge >= 0.3 is 21.3 Å². The average Bonchev–Trinajstić information content (AvgIpc) is 3.37. The summed E-state index contributed by atoms with van der Waals surface area (Å²) in [6, 6.07) is 8.68. The maximum atomic E-state index is 13.5. The third-order valence-corrected chi connectivity index (χ3v) is 12.6. The zero-order valence-corrected chi connectivity index (χ0v) is 31.6. The van der Waals surface area contributed by atoms with Crippen LogP contribution in [0.15, 0.2) is 63.1 Å². The van der Waals surface area contributed by atoms with Gasteiger partial charge in [0, 0.05) is 56.3 Å². The van der Waals surface area contributed by atoms with Crippen LogP contribution in [-0.4, -0.2) is 130 Å². The van der Waals surface area contributed by atoms with Crippen molar-refractivity contribution in [3.63, 3.8) is 0 Å². The zero-order valence-electron chi connectivity index (χ0n) is 29.0. The molecule has 2 unspecified atom stereocenters. The second-order valence-electron chi connectivity index (χ2n) is 12.6. The third-order valence-electron chi connectivity index (χ3n) is 8.48. The lowest BCUT2D eigenvalue weighted by atomic mass is 9.97. The number of benzene rings is 2. The fourth-order valence-corrected chi connectivity index (χ4v) is 9.36. The highest BCUT2D eigenvalue weighted by molar-refractivity contribution is 7.89. The summed E-state index contributed by atoms with van der Waals surface area (Å²) in [7, 11) is -12.3. The van der Waals surface area contributed by atoms with Crippen molar-refractivity contribution in [3.05, 3.63) is 69.5 Å². The van der Waals surface area contributed by atoms with Gasteiger partial charge in [0.1, 0.15) is 42.7 Å². The molecule has 26 heteroatoms. The Morgan fingerprint density at radius 2 is 1.58 bits per heavy atom. The van der Waals surface area contributed by atoms with Gasteiger partial charge < -0.3 is 49.9 Å². The van der Waals surface area contributed by atoms with Crippen molar-refractivity contribution in [3.8, 4) is 0 Å². The van der Waals surface area contributed by atoms with Crippen LogP contribution >= 0.6 is 15.6 Å². The number of hydrogen-bond acceptors (Lipinski definition) is 17. The molecule has 0 spiro atoms. The minimum atomic E-state index is -5.82. The maximum Gasteiger partial charge on any atom is 0.483 e. The van der Waals surface area contributed by atoms with E-state index in [9.17, 15) is 62.1 Å². The normalized spacial score (nSPS) is 29.4. The van der Waals surface area contributed by atoms with Crippen LogP contribution in [0.5, 0.6) is 0 Å². The first-order valence-electron chi connectivity index (χ1n) is 16.1. The molecule has 0 bridgehead atoms. The summed E-state index contributed by atoms with van der Waals surface area (Å²) in [5.41, 5.74) is -1.08. The molecule has 0 radical (unpaired) electrons. The van der Waals surface area contributed by atoms with Crippen LogP contribution < -0.4 is 26.2 Å². The smallest absolute Gasteiger partial charge is 0.388 e. The Morgan fingerprint density at radius 1 is 0.927 bits per heavy atom. The number of sulfonamides is 1. The monoisotopic (exact) mass is 839 g/mol. The minimum absolute atomic E-state index is 0.152. The van der Waals surface area contributed by atoms with Crippen molar-refractivity contribution in [1.29, 1.82) is 0 Å². The molecule has 1 amide bonds. The molecule has 3 heterocycles. The summed E-state index contributed by atoms with van der Waals surface area (Å²) < 4.78 is 80.4. The molecule has 2 aromatic carbocycles. The van der Waals surface area contributed by atoms with Gasteiger partial charge in [0.15, 0.2) is 12.5 Å². The van der Waals surface area contributed by atoms with Gasteiger partial charge in [-0.15, -0.1) is 0 Å². The first kappa shape index (κ1) is 42.7. The lowest BCUT2D eigenvalue weighted by molar-refractivity contribution is -0.238. The van der Waals surface area contributed by atoms with Gasteiger partial charge in [-0.2, -0.15) is 4.31 Å². The number of nitrogens with zero attached hydrogens (tertiary/aromatic N) is 2. The number of amides is 1. The summed E-state index contributed by atoms with van der Waals surface area (Å²) in [5.74, 6) is -0.856. The molecule has 5 rings (SSSR count). The molecule has 2 aliphatic heterocycles. The van der Waals surface area contributed by atoms with Gasteiger partial charge in [-0.1, -0.05) is 24.3 Å². The molecule has 9 N–H and O–H groups in total. The molecular weight excluding hydrogens is 800 g/mol. The number of rotatable bonds is 14. The van der Waals surface area contributed by atoms with E-state index in [4.69, 9.17) is 14.0 Å². The SMILES string of the molecule is CC(=O)N[C@H]1[C@@H](OP(=O)(O)OP(=O)(O)OC[C@H]2O[C@@H](n3ccc(=O)[nH]c3=O)[C@H](O)[C@@H]2O)O[C@H](CNS(=O)(=O)c2cccc3c(N(C)C)cccc23)[C@@H](O)[C@@H]1O. The number of phosphoric acid groups is 2. The fourth-order valence-electron chi connectivity index (χ4n) is 5.93. The second kappa shape index (κ2) is 16.6. The van der Waals surface area contributed by atoms with Crippen LogP contribution in [0, 0.1) is 0 Å². The maximum absolute atomic E-state index is 13.5. The topological polar surface area (TPSA) is 335 Å². The van der Waals surface area contributed by atoms with E-state index < -0.39 is 111 Å². The van der Waals surface area contributed by atoms with Crippen LogP contribution in [-0.2, 0) is 46.8 Å². The third kappa shape index (κ3) is 9.76. The summed E-state index contributed by atoms with van der Waals surface area (Å²) >= 11 is 0. The number of H-pyrrole nitrogens is 1. The molecule has 55 heavy (non-hydrogen) atoms.